The molecule has 0 amide bonds. The number of thiocarbonyl (C=S) groups is 1. The molecule has 11 heteroatoms. The van der Waals surface area contributed by atoms with Gasteiger partial charge in [0, 0.05) is 26.5 Å². The summed E-state index contributed by atoms with van der Waals surface area (Å²) in [4.78, 5) is 31.8. The number of pyridine rings is 1. The predicted molar refractivity (Wildman–Crippen MR) is 148 cm³/mol. The van der Waals surface area contributed by atoms with Crippen molar-refractivity contribution in [1.29, 1.82) is 0 Å². The molecule has 3 rings (SSSR count). The largest absolute Gasteiger partial charge is 0.497 e. The van der Waals surface area contributed by atoms with Gasteiger partial charge in [0.25, 0.3) is 5.17 Å². The summed E-state index contributed by atoms with van der Waals surface area (Å²) in [5.41, 5.74) is 1.05. The van der Waals surface area contributed by atoms with Gasteiger partial charge in [-0.1, -0.05) is 24.3 Å². The third kappa shape index (κ3) is 8.71. The molecule has 0 saturated heterocycles. The molecular weight excluding hydrogens is 522 g/mol. The Bertz CT molecular complexity index is 1240. The summed E-state index contributed by atoms with van der Waals surface area (Å²) in [5.74, 6) is 0.0776. The van der Waals surface area contributed by atoms with Crippen LogP contribution in [0.1, 0.15) is 11.1 Å². The number of carbonyl (C=O) groups is 2. The number of esters is 2. The van der Waals surface area contributed by atoms with Gasteiger partial charge in [-0.2, -0.15) is 0 Å². The molecule has 1 heterocycles. The molecule has 0 fully saturated rings. The molecule has 10 nitrogen and oxygen atoms in total. The molecule has 0 spiro atoms. The summed E-state index contributed by atoms with van der Waals surface area (Å²) >= 11 is 5.20. The Morgan fingerprint density at radius 3 is 1.85 bits per heavy atom. The van der Waals surface area contributed by atoms with Crippen molar-refractivity contribution in [3.05, 3.63) is 89.8 Å². The van der Waals surface area contributed by atoms with E-state index in [0.717, 1.165) is 0 Å². The Kier molecular flexibility index (Phi) is 10.6. The van der Waals surface area contributed by atoms with E-state index in [0.29, 0.717) is 28.4 Å². The Balaban J connectivity index is 1.78. The van der Waals surface area contributed by atoms with Crippen LogP contribution in [-0.4, -0.2) is 55.3 Å². The van der Waals surface area contributed by atoms with Crippen molar-refractivity contribution in [2.75, 3.05) is 33.6 Å². The lowest BCUT2D eigenvalue weighted by Gasteiger charge is -2.16. The Morgan fingerprint density at radius 1 is 0.872 bits per heavy atom. The number of carbonyl (C=O) groups excluding carboxylic acids is 2. The normalized spacial score (nSPS) is 10.1. The Morgan fingerprint density at radius 2 is 1.38 bits per heavy atom. The van der Waals surface area contributed by atoms with E-state index in [2.05, 4.69) is 10.3 Å². The van der Waals surface area contributed by atoms with Gasteiger partial charge < -0.3 is 33.9 Å². The van der Waals surface area contributed by atoms with Gasteiger partial charge in [-0.05, 0) is 59.7 Å². The van der Waals surface area contributed by atoms with Gasteiger partial charge in [0.05, 0.1) is 14.2 Å². The molecule has 0 aliphatic rings. The van der Waals surface area contributed by atoms with E-state index in [4.69, 9.17) is 35.9 Å². The third-order valence-electron chi connectivity index (χ3n) is 5.18. The van der Waals surface area contributed by atoms with E-state index in [-0.39, 0.29) is 29.8 Å². The lowest BCUT2D eigenvalue weighted by Crippen LogP contribution is -2.25. The quantitative estimate of drug-likeness (QED) is 0.122. The molecule has 39 heavy (non-hydrogen) atoms. The van der Waals surface area contributed by atoms with Gasteiger partial charge in [-0.15, -0.1) is 0 Å². The molecule has 204 valence electrons. The second kappa shape index (κ2) is 14.3. The molecule has 3 aromatic rings. The summed E-state index contributed by atoms with van der Waals surface area (Å²) in [5, 5.41) is 3.04. The van der Waals surface area contributed by atoms with Crippen molar-refractivity contribution >= 4 is 35.1 Å². The second-order valence-electron chi connectivity index (χ2n) is 8.16. The molecule has 0 unspecified atom stereocenters. The molecule has 1 N–H and O–H groups in total. The minimum Gasteiger partial charge on any atom is -0.497 e. The number of rotatable bonds is 11. The van der Waals surface area contributed by atoms with Gasteiger partial charge >= 0.3 is 11.9 Å². The lowest BCUT2D eigenvalue weighted by molar-refractivity contribution is -0.148. The van der Waals surface area contributed by atoms with Crippen molar-refractivity contribution in [1.82, 2.24) is 9.88 Å². The van der Waals surface area contributed by atoms with E-state index >= 15 is 0 Å². The van der Waals surface area contributed by atoms with Crippen molar-refractivity contribution < 1.29 is 33.3 Å². The smallest absolute Gasteiger partial charge is 0.347 e. The zero-order chi connectivity index (χ0) is 28.2. The standard InChI is InChI=1S/C28H29N3O7S/c1-31(2)28(39)38-24-6-5-15-29-25(24)30-16-23(26(32)36-17-19-7-11-21(34-3)12-8-19)27(33)37-18-20-9-13-22(35-4)14-10-20/h5-16H,17-18H2,1-4H3,(H,29,30). The van der Waals surface area contributed by atoms with Gasteiger partial charge in [0.15, 0.2) is 17.1 Å². The number of nitrogens with zero attached hydrogens (tertiary/aromatic N) is 2. The lowest BCUT2D eigenvalue weighted by atomic mass is 10.2. The third-order valence-corrected chi connectivity index (χ3v) is 5.63. The maximum Gasteiger partial charge on any atom is 0.347 e. The van der Waals surface area contributed by atoms with Crippen LogP contribution in [0.4, 0.5) is 5.82 Å². The first kappa shape index (κ1) is 28.9. The molecule has 1 aromatic heterocycles. The van der Waals surface area contributed by atoms with Crippen LogP contribution in [0.15, 0.2) is 78.6 Å². The van der Waals surface area contributed by atoms with E-state index in [9.17, 15) is 9.59 Å². The fourth-order valence-corrected chi connectivity index (χ4v) is 3.09. The summed E-state index contributed by atoms with van der Waals surface area (Å²) in [6, 6.07) is 17.3. The van der Waals surface area contributed by atoms with Crippen LogP contribution in [0, 0.1) is 0 Å². The molecule has 0 atom stereocenters. The average molecular weight is 552 g/mol. The van der Waals surface area contributed by atoms with E-state index in [1.807, 2.05) is 0 Å². The fourth-order valence-electron chi connectivity index (χ4n) is 3.01. The summed E-state index contributed by atoms with van der Waals surface area (Å²) in [6.07, 6.45) is 2.69. The van der Waals surface area contributed by atoms with Gasteiger partial charge in [-0.3, -0.25) is 0 Å². The van der Waals surface area contributed by atoms with Crippen LogP contribution < -0.4 is 19.5 Å². The molecule has 0 aliphatic heterocycles. The highest BCUT2D eigenvalue weighted by Crippen LogP contribution is 2.22. The number of benzene rings is 2. The monoisotopic (exact) mass is 551 g/mol. The van der Waals surface area contributed by atoms with E-state index in [1.54, 1.807) is 93.9 Å². The topological polar surface area (TPSA) is 108 Å². The van der Waals surface area contributed by atoms with E-state index in [1.165, 1.54) is 12.4 Å². The predicted octanol–water partition coefficient (Wildman–Crippen LogP) is 4.11. The molecule has 0 radical (unpaired) electrons. The van der Waals surface area contributed by atoms with Crippen molar-refractivity contribution in [2.24, 2.45) is 0 Å². The number of hydrogen-bond acceptors (Lipinski definition) is 10. The summed E-state index contributed by atoms with van der Waals surface area (Å²) in [7, 11) is 6.59. The highest BCUT2D eigenvalue weighted by Gasteiger charge is 2.23. The van der Waals surface area contributed by atoms with Crippen LogP contribution in [0.5, 0.6) is 17.2 Å². The van der Waals surface area contributed by atoms with Crippen LogP contribution >= 0.6 is 12.2 Å². The van der Waals surface area contributed by atoms with Gasteiger partial charge in [-0.25, -0.2) is 14.6 Å². The fraction of sp³-hybridized carbons (Fsp3) is 0.214. The first-order chi connectivity index (χ1) is 18.8. The highest BCUT2D eigenvalue weighted by atomic mass is 32.1. The van der Waals surface area contributed by atoms with Crippen molar-refractivity contribution in [2.45, 2.75) is 13.2 Å². The Hall–Kier alpha value is -4.64. The molecule has 2 aromatic carbocycles. The SMILES string of the molecule is COc1ccc(COC(=O)C(=CNc2ncccc2OC(=S)N(C)C)C(=O)OCc2ccc(OC)cc2)cc1. The van der Waals surface area contributed by atoms with Crippen LogP contribution in [0.3, 0.4) is 0 Å². The number of nitrogens with one attached hydrogen (secondary N) is 1. The van der Waals surface area contributed by atoms with Crippen LogP contribution in [0.2, 0.25) is 0 Å². The minimum atomic E-state index is -0.889. The van der Waals surface area contributed by atoms with Crippen molar-refractivity contribution in [3.8, 4) is 17.2 Å². The van der Waals surface area contributed by atoms with Crippen LogP contribution in [0.25, 0.3) is 0 Å². The summed E-state index contributed by atoms with van der Waals surface area (Å²) in [6.45, 7) is -0.137. The summed E-state index contributed by atoms with van der Waals surface area (Å²) < 4.78 is 26.7. The number of anilines is 1. The maximum absolute atomic E-state index is 13.0. The minimum absolute atomic E-state index is 0.0685. The average Bonchev–Trinajstić information content (AvgIpc) is 2.96. The highest BCUT2D eigenvalue weighted by molar-refractivity contribution is 7.80. The zero-order valence-electron chi connectivity index (χ0n) is 22.0. The maximum atomic E-state index is 13.0. The van der Waals surface area contributed by atoms with Crippen LogP contribution in [-0.2, 0) is 32.3 Å². The first-order valence-electron chi connectivity index (χ1n) is 11.7. The Labute approximate surface area is 232 Å². The van der Waals surface area contributed by atoms with Crippen molar-refractivity contribution in [3.63, 3.8) is 0 Å². The van der Waals surface area contributed by atoms with E-state index < -0.39 is 11.9 Å². The number of methoxy groups -OCH3 is 2. The molecule has 0 bridgehead atoms. The molecule has 0 aliphatic carbocycles. The first-order valence-corrected chi connectivity index (χ1v) is 12.1. The second-order valence-corrected chi connectivity index (χ2v) is 8.51. The number of hydrogen-bond donors (Lipinski definition) is 1. The van der Waals surface area contributed by atoms with Gasteiger partial charge in [0.2, 0.25) is 0 Å². The van der Waals surface area contributed by atoms with Gasteiger partial charge in [0.1, 0.15) is 24.7 Å². The molecule has 0 saturated carbocycles. The zero-order valence-corrected chi connectivity index (χ0v) is 22.8. The number of aromatic nitrogens is 1. The molecular formula is C28H29N3O7S. The number of ether oxygens (including phenoxy) is 5.